The standard InChI is InChI=1S/C14H18F2N2.C14H18N2O/c1-10-8-11(18-9-17-10)13-2-5-14(6-3-13,7-4-13)12(15)16;1-11-8-12(16-10-15-11)14-5-2-13(9-17,3-6-14)4-7-14/h8-9,12H,2-7H2,1H3;8-10H,2-7H2,1H3. The van der Waals surface area contributed by atoms with Gasteiger partial charge in [-0.05, 0) is 103 Å². The molecule has 0 atom stereocenters. The van der Waals surface area contributed by atoms with E-state index in [4.69, 9.17) is 0 Å². The summed E-state index contributed by atoms with van der Waals surface area (Å²) in [4.78, 5) is 28.4. The number of carbonyl (C=O) groups excluding carboxylic acids is 1. The third-order valence-electron chi connectivity index (χ3n) is 10.0. The first-order chi connectivity index (χ1) is 16.7. The zero-order valence-corrected chi connectivity index (χ0v) is 20.9. The predicted octanol–water partition coefficient (Wildman–Crippen LogP) is 6.22. The molecule has 6 fully saturated rings. The van der Waals surface area contributed by atoms with Gasteiger partial charge in [0.2, 0.25) is 6.43 Å². The molecule has 8 rings (SSSR count). The third kappa shape index (κ3) is 4.29. The highest BCUT2D eigenvalue weighted by Gasteiger charge is 2.54. The van der Waals surface area contributed by atoms with Crippen molar-refractivity contribution in [3.8, 4) is 0 Å². The quantitative estimate of drug-likeness (QED) is 0.484. The van der Waals surface area contributed by atoms with E-state index in [-0.39, 0.29) is 16.2 Å². The van der Waals surface area contributed by atoms with Crippen molar-refractivity contribution in [1.82, 2.24) is 19.9 Å². The Balaban J connectivity index is 0.000000145. The summed E-state index contributed by atoms with van der Waals surface area (Å²) in [6.45, 7) is 3.97. The molecule has 7 heteroatoms. The molecule has 0 aliphatic heterocycles. The zero-order valence-electron chi connectivity index (χ0n) is 20.9. The van der Waals surface area contributed by atoms with Gasteiger partial charge in [0.25, 0.3) is 0 Å². The van der Waals surface area contributed by atoms with Gasteiger partial charge in [0.1, 0.15) is 18.9 Å². The number of aldehydes is 1. The Morgan fingerprint density at radius 3 is 1.43 bits per heavy atom. The van der Waals surface area contributed by atoms with Crippen LogP contribution in [0.2, 0.25) is 0 Å². The Labute approximate surface area is 206 Å². The van der Waals surface area contributed by atoms with Crippen molar-refractivity contribution in [2.45, 2.75) is 108 Å². The second-order valence-corrected chi connectivity index (χ2v) is 11.8. The van der Waals surface area contributed by atoms with Crippen LogP contribution in [0, 0.1) is 24.7 Å². The summed E-state index contributed by atoms with van der Waals surface area (Å²) < 4.78 is 26.3. The van der Waals surface area contributed by atoms with Crippen LogP contribution in [0.1, 0.15) is 99.8 Å². The summed E-state index contributed by atoms with van der Waals surface area (Å²) in [5, 5.41) is 0. The molecule has 0 aromatic carbocycles. The molecule has 0 amide bonds. The zero-order chi connectivity index (χ0) is 24.7. The fourth-order valence-electron chi connectivity index (χ4n) is 7.19. The van der Waals surface area contributed by atoms with Crippen LogP contribution in [-0.4, -0.2) is 32.6 Å². The van der Waals surface area contributed by atoms with Gasteiger partial charge in [0.05, 0.1) is 11.4 Å². The van der Waals surface area contributed by atoms with Crippen LogP contribution < -0.4 is 0 Å². The maximum absolute atomic E-state index is 13.2. The molecular weight excluding hydrogens is 446 g/mol. The minimum Gasteiger partial charge on any atom is -0.303 e. The van der Waals surface area contributed by atoms with Gasteiger partial charge in [0, 0.05) is 33.0 Å². The van der Waals surface area contributed by atoms with E-state index in [1.165, 1.54) is 12.0 Å². The Morgan fingerprint density at radius 1 is 0.686 bits per heavy atom. The molecule has 5 nitrogen and oxygen atoms in total. The van der Waals surface area contributed by atoms with Gasteiger partial charge in [-0.25, -0.2) is 28.7 Å². The molecule has 188 valence electrons. The van der Waals surface area contributed by atoms with E-state index in [0.717, 1.165) is 74.9 Å². The summed E-state index contributed by atoms with van der Waals surface area (Å²) >= 11 is 0. The van der Waals surface area contributed by atoms with Crippen molar-refractivity contribution in [2.75, 3.05) is 0 Å². The topological polar surface area (TPSA) is 68.6 Å². The molecule has 6 saturated carbocycles. The van der Waals surface area contributed by atoms with Crippen LogP contribution in [0.5, 0.6) is 0 Å². The van der Waals surface area contributed by atoms with Crippen LogP contribution in [0.25, 0.3) is 0 Å². The lowest BCUT2D eigenvalue weighted by Crippen LogP contribution is -2.47. The smallest absolute Gasteiger partial charge is 0.244 e. The first-order valence-corrected chi connectivity index (χ1v) is 13.1. The molecular formula is C28H36F2N4O. The summed E-state index contributed by atoms with van der Waals surface area (Å²) in [5.41, 5.74) is 3.87. The molecule has 2 heterocycles. The number of halogens is 2. The van der Waals surface area contributed by atoms with Crippen LogP contribution in [0.3, 0.4) is 0 Å². The number of rotatable bonds is 4. The maximum Gasteiger partial charge on any atom is 0.244 e. The summed E-state index contributed by atoms with van der Waals surface area (Å²) in [5.74, 6) is 0. The van der Waals surface area contributed by atoms with E-state index in [1.54, 1.807) is 12.7 Å². The van der Waals surface area contributed by atoms with Crippen molar-refractivity contribution < 1.29 is 13.6 Å². The van der Waals surface area contributed by atoms with Gasteiger partial charge in [-0.15, -0.1) is 0 Å². The highest BCUT2D eigenvalue weighted by Crippen LogP contribution is 2.59. The number of carbonyl (C=O) groups is 1. The average Bonchev–Trinajstić information content (AvgIpc) is 2.91. The summed E-state index contributed by atoms with van der Waals surface area (Å²) in [6, 6.07) is 4.15. The number of aromatic nitrogens is 4. The molecule has 4 bridgehead atoms. The van der Waals surface area contributed by atoms with Gasteiger partial charge in [-0.3, -0.25) is 0 Å². The normalized spacial score (nSPS) is 35.5. The van der Waals surface area contributed by atoms with E-state index in [9.17, 15) is 13.6 Å². The molecule has 35 heavy (non-hydrogen) atoms. The van der Waals surface area contributed by atoms with Crippen molar-refractivity contribution in [3.63, 3.8) is 0 Å². The Hall–Kier alpha value is -2.31. The molecule has 6 aliphatic carbocycles. The van der Waals surface area contributed by atoms with Crippen LogP contribution in [0.15, 0.2) is 24.8 Å². The van der Waals surface area contributed by atoms with Gasteiger partial charge in [-0.1, -0.05) is 0 Å². The number of nitrogens with zero attached hydrogens (tertiary/aromatic N) is 4. The monoisotopic (exact) mass is 482 g/mol. The second-order valence-electron chi connectivity index (χ2n) is 11.8. The van der Waals surface area contributed by atoms with Gasteiger partial charge >= 0.3 is 0 Å². The molecule has 6 aliphatic rings. The average molecular weight is 483 g/mol. The van der Waals surface area contributed by atoms with Crippen molar-refractivity contribution in [2.24, 2.45) is 10.8 Å². The number of fused-ring (bicyclic) bond motifs is 6. The fraction of sp³-hybridized carbons (Fsp3) is 0.679. The Kier molecular flexibility index (Phi) is 6.25. The van der Waals surface area contributed by atoms with Crippen molar-refractivity contribution >= 4 is 6.29 Å². The number of hydrogen-bond donors (Lipinski definition) is 0. The van der Waals surface area contributed by atoms with E-state index in [0.29, 0.717) is 19.3 Å². The molecule has 0 unspecified atom stereocenters. The van der Waals surface area contributed by atoms with E-state index in [2.05, 4.69) is 26.0 Å². The van der Waals surface area contributed by atoms with Gasteiger partial charge in [-0.2, -0.15) is 0 Å². The predicted molar refractivity (Wildman–Crippen MR) is 129 cm³/mol. The molecule has 0 N–H and O–H groups in total. The van der Waals surface area contributed by atoms with Gasteiger partial charge in [0.15, 0.2) is 0 Å². The van der Waals surface area contributed by atoms with Crippen LogP contribution in [0.4, 0.5) is 8.78 Å². The van der Waals surface area contributed by atoms with Crippen molar-refractivity contribution in [1.29, 1.82) is 0 Å². The van der Waals surface area contributed by atoms with Crippen LogP contribution >= 0.6 is 0 Å². The summed E-state index contributed by atoms with van der Waals surface area (Å²) in [7, 11) is 0. The van der Waals surface area contributed by atoms with Crippen molar-refractivity contribution in [3.05, 3.63) is 47.6 Å². The number of aryl methyl sites for hydroxylation is 2. The largest absolute Gasteiger partial charge is 0.303 e. The van der Waals surface area contributed by atoms with E-state index < -0.39 is 11.8 Å². The molecule has 2 aromatic rings. The highest BCUT2D eigenvalue weighted by molar-refractivity contribution is 5.60. The lowest BCUT2D eigenvalue weighted by Gasteiger charge is -2.52. The Bertz CT molecular complexity index is 1040. The lowest BCUT2D eigenvalue weighted by atomic mass is 9.53. The van der Waals surface area contributed by atoms with Gasteiger partial charge < -0.3 is 4.79 Å². The molecule has 0 spiro atoms. The lowest BCUT2D eigenvalue weighted by molar-refractivity contribution is -0.122. The minimum absolute atomic E-state index is 0.00379. The highest BCUT2D eigenvalue weighted by atomic mass is 19.3. The molecule has 0 radical (unpaired) electrons. The first-order valence-electron chi connectivity index (χ1n) is 13.1. The maximum atomic E-state index is 13.2. The minimum atomic E-state index is -2.16. The molecule has 2 aromatic heterocycles. The SMILES string of the molecule is Cc1cc(C23CCC(C(F)F)(CC2)CC3)ncn1.Cc1cc(C23CCC(C=O)(CC2)CC3)ncn1. The van der Waals surface area contributed by atoms with Crippen LogP contribution in [-0.2, 0) is 15.6 Å². The first kappa shape index (κ1) is 24.4. The third-order valence-corrected chi connectivity index (χ3v) is 10.0. The summed E-state index contributed by atoms with van der Waals surface area (Å²) in [6.07, 6.45) is 13.3. The fourth-order valence-corrected chi connectivity index (χ4v) is 7.19. The molecule has 0 saturated heterocycles. The Morgan fingerprint density at radius 2 is 1.09 bits per heavy atom. The second kappa shape index (κ2) is 8.97. The van der Waals surface area contributed by atoms with E-state index in [1.807, 2.05) is 19.9 Å². The number of hydrogen-bond acceptors (Lipinski definition) is 5. The van der Waals surface area contributed by atoms with E-state index >= 15 is 0 Å². The number of alkyl halides is 2.